The van der Waals surface area contributed by atoms with E-state index in [0.717, 1.165) is 21.2 Å². The first-order valence-corrected chi connectivity index (χ1v) is 14.5. The van der Waals surface area contributed by atoms with E-state index in [9.17, 15) is 13.2 Å². The van der Waals surface area contributed by atoms with Crippen molar-refractivity contribution in [3.05, 3.63) is 119 Å². The number of halogens is 1. The normalized spacial score (nSPS) is 11.2. The fourth-order valence-electron chi connectivity index (χ4n) is 3.84. The Kier molecular flexibility index (Phi) is 8.59. The van der Waals surface area contributed by atoms with Gasteiger partial charge in [0.15, 0.2) is 0 Å². The lowest BCUT2D eigenvalue weighted by molar-refractivity contribution is -0.114. The van der Waals surface area contributed by atoms with Crippen molar-refractivity contribution >= 4 is 50.7 Å². The van der Waals surface area contributed by atoms with Crippen LogP contribution in [0.4, 0.5) is 11.4 Å². The third kappa shape index (κ3) is 6.55. The molecule has 0 aliphatic carbocycles. The molecule has 4 rings (SSSR count). The highest BCUT2D eigenvalue weighted by molar-refractivity contribution is 7.98. The summed E-state index contributed by atoms with van der Waals surface area (Å²) >= 11 is 8.04. The van der Waals surface area contributed by atoms with Gasteiger partial charge in [0.2, 0.25) is 5.91 Å². The molecule has 4 aromatic carbocycles. The summed E-state index contributed by atoms with van der Waals surface area (Å²) < 4.78 is 28.3. The predicted molar refractivity (Wildman–Crippen MR) is 153 cm³/mol. The number of benzene rings is 4. The van der Waals surface area contributed by atoms with Crippen molar-refractivity contribution in [3.8, 4) is 0 Å². The highest BCUT2D eigenvalue weighted by Gasteiger charge is 2.28. The molecule has 0 fully saturated rings. The summed E-state index contributed by atoms with van der Waals surface area (Å²) in [5.74, 6) is 0.351. The fourth-order valence-corrected chi connectivity index (χ4v) is 6.38. The Morgan fingerprint density at radius 3 is 2.24 bits per heavy atom. The second-order valence-electron chi connectivity index (χ2n) is 8.51. The molecule has 0 atom stereocenters. The van der Waals surface area contributed by atoms with E-state index in [1.54, 1.807) is 55.1 Å². The zero-order valence-corrected chi connectivity index (χ0v) is 22.9. The Balaban J connectivity index is 1.54. The largest absolute Gasteiger partial charge is 0.324 e. The summed E-state index contributed by atoms with van der Waals surface area (Å²) in [5, 5.41) is 3.31. The van der Waals surface area contributed by atoms with Crippen molar-refractivity contribution in [2.75, 3.05) is 16.2 Å². The van der Waals surface area contributed by atoms with Crippen molar-refractivity contribution < 1.29 is 13.2 Å². The molecule has 8 heteroatoms. The summed E-state index contributed by atoms with van der Waals surface area (Å²) in [6.07, 6.45) is 0. The van der Waals surface area contributed by atoms with E-state index >= 15 is 0 Å². The van der Waals surface area contributed by atoms with Gasteiger partial charge in [-0.1, -0.05) is 66.2 Å². The third-order valence-corrected chi connectivity index (χ3v) is 9.11. The maximum absolute atomic E-state index is 13.6. The number of nitrogens with one attached hydrogen (secondary N) is 1. The van der Waals surface area contributed by atoms with Crippen LogP contribution in [0.15, 0.2) is 107 Å². The van der Waals surface area contributed by atoms with Crippen LogP contribution in [0.1, 0.15) is 16.7 Å². The Labute approximate surface area is 227 Å². The van der Waals surface area contributed by atoms with Crippen LogP contribution >= 0.6 is 23.4 Å². The quantitative estimate of drug-likeness (QED) is 0.226. The molecule has 0 bridgehead atoms. The number of rotatable bonds is 9. The summed E-state index contributed by atoms with van der Waals surface area (Å²) in [4.78, 5) is 14.4. The number of aryl methyl sites for hydroxylation is 1. The number of sulfonamides is 1. The Bertz CT molecular complexity index is 1490. The molecule has 0 unspecified atom stereocenters. The highest BCUT2D eigenvalue weighted by Crippen LogP contribution is 2.31. The SMILES string of the molecule is Cc1cc(CSc2ccccc2)ccc1NC(=O)CN(c1cccc(Cl)c1C)S(=O)(=O)c1ccccc1. The van der Waals surface area contributed by atoms with E-state index in [1.807, 2.05) is 43.3 Å². The smallest absolute Gasteiger partial charge is 0.264 e. The molecule has 0 heterocycles. The number of carbonyl (C=O) groups excluding carboxylic acids is 1. The first-order valence-electron chi connectivity index (χ1n) is 11.7. The summed E-state index contributed by atoms with van der Waals surface area (Å²) in [6, 6.07) is 29.1. The average molecular weight is 551 g/mol. The van der Waals surface area contributed by atoms with Crippen molar-refractivity contribution in [2.45, 2.75) is 29.4 Å². The molecule has 1 N–H and O–H groups in total. The van der Waals surface area contributed by atoms with Crippen molar-refractivity contribution in [1.29, 1.82) is 0 Å². The van der Waals surface area contributed by atoms with Crippen LogP contribution in [0, 0.1) is 13.8 Å². The van der Waals surface area contributed by atoms with Gasteiger partial charge in [-0.15, -0.1) is 11.8 Å². The van der Waals surface area contributed by atoms with E-state index in [1.165, 1.54) is 17.0 Å². The topological polar surface area (TPSA) is 66.5 Å². The molecule has 0 aliphatic heterocycles. The van der Waals surface area contributed by atoms with Gasteiger partial charge in [-0.25, -0.2) is 8.42 Å². The molecule has 4 aromatic rings. The van der Waals surface area contributed by atoms with Gasteiger partial charge in [0.25, 0.3) is 10.0 Å². The Morgan fingerprint density at radius 2 is 1.57 bits per heavy atom. The van der Waals surface area contributed by atoms with E-state index in [0.29, 0.717) is 22.0 Å². The van der Waals surface area contributed by atoms with E-state index < -0.39 is 22.5 Å². The standard InChI is InChI=1S/C29H27ClN2O3S2/c1-21-18-23(20-36-24-10-5-3-6-11-24)16-17-27(21)31-29(33)19-32(28-15-9-14-26(30)22(28)2)37(34,35)25-12-7-4-8-13-25/h3-18H,19-20H2,1-2H3,(H,31,33). The van der Waals surface area contributed by atoms with Gasteiger partial charge in [0, 0.05) is 21.4 Å². The summed E-state index contributed by atoms with van der Waals surface area (Å²) in [7, 11) is -4.02. The predicted octanol–water partition coefficient (Wildman–Crippen LogP) is 7.08. The molecule has 37 heavy (non-hydrogen) atoms. The molecule has 5 nitrogen and oxygen atoms in total. The van der Waals surface area contributed by atoms with Crippen molar-refractivity contribution in [3.63, 3.8) is 0 Å². The minimum absolute atomic E-state index is 0.0959. The minimum atomic E-state index is -4.02. The number of amides is 1. The molecular weight excluding hydrogens is 524 g/mol. The van der Waals surface area contributed by atoms with Crippen LogP contribution in [0.25, 0.3) is 0 Å². The molecule has 0 spiro atoms. The molecule has 0 aliphatic rings. The number of hydrogen-bond donors (Lipinski definition) is 1. The summed E-state index contributed by atoms with van der Waals surface area (Å²) in [6.45, 7) is 3.26. The number of carbonyl (C=O) groups is 1. The summed E-state index contributed by atoms with van der Waals surface area (Å²) in [5.41, 5.74) is 3.60. The second-order valence-corrected chi connectivity index (χ2v) is 11.8. The Hall–Kier alpha value is -3.26. The molecule has 0 aromatic heterocycles. The lowest BCUT2D eigenvalue weighted by atomic mass is 10.1. The van der Waals surface area contributed by atoms with Crippen LogP contribution in [0.3, 0.4) is 0 Å². The maximum Gasteiger partial charge on any atom is 0.264 e. The first-order chi connectivity index (χ1) is 17.8. The zero-order chi connectivity index (χ0) is 26.4. The monoisotopic (exact) mass is 550 g/mol. The fraction of sp³-hybridized carbons (Fsp3) is 0.138. The van der Waals surface area contributed by atoms with Gasteiger partial charge in [-0.2, -0.15) is 0 Å². The van der Waals surface area contributed by atoms with E-state index in [-0.39, 0.29) is 4.90 Å². The Morgan fingerprint density at radius 1 is 0.892 bits per heavy atom. The molecule has 190 valence electrons. The van der Waals surface area contributed by atoms with Gasteiger partial charge in [0.05, 0.1) is 10.6 Å². The van der Waals surface area contributed by atoms with Crippen LogP contribution in [-0.2, 0) is 20.6 Å². The number of nitrogens with zero attached hydrogens (tertiary/aromatic N) is 1. The molecule has 0 saturated heterocycles. The van der Waals surface area contributed by atoms with Crippen LogP contribution in [-0.4, -0.2) is 20.9 Å². The van der Waals surface area contributed by atoms with E-state index in [4.69, 9.17) is 11.6 Å². The molecule has 0 radical (unpaired) electrons. The van der Waals surface area contributed by atoms with Crippen LogP contribution < -0.4 is 9.62 Å². The third-order valence-electron chi connectivity index (χ3n) is 5.84. The van der Waals surface area contributed by atoms with Crippen LogP contribution in [0.5, 0.6) is 0 Å². The van der Waals surface area contributed by atoms with Gasteiger partial charge >= 0.3 is 0 Å². The number of hydrogen-bond acceptors (Lipinski definition) is 4. The van der Waals surface area contributed by atoms with E-state index in [2.05, 4.69) is 17.4 Å². The second kappa shape index (κ2) is 11.9. The number of anilines is 2. The maximum atomic E-state index is 13.6. The van der Waals surface area contributed by atoms with Gasteiger partial charge in [0.1, 0.15) is 6.54 Å². The molecular formula is C29H27ClN2O3S2. The average Bonchev–Trinajstić information content (AvgIpc) is 2.90. The van der Waals surface area contributed by atoms with Gasteiger partial charge in [-0.3, -0.25) is 9.10 Å². The highest BCUT2D eigenvalue weighted by atomic mass is 35.5. The van der Waals surface area contributed by atoms with Gasteiger partial charge in [-0.05, 0) is 73.0 Å². The molecule has 1 amide bonds. The lowest BCUT2D eigenvalue weighted by Crippen LogP contribution is -2.38. The zero-order valence-electron chi connectivity index (χ0n) is 20.5. The minimum Gasteiger partial charge on any atom is -0.324 e. The van der Waals surface area contributed by atoms with Crippen molar-refractivity contribution in [2.24, 2.45) is 0 Å². The first kappa shape index (κ1) is 26.8. The molecule has 0 saturated carbocycles. The van der Waals surface area contributed by atoms with Gasteiger partial charge < -0.3 is 5.32 Å². The van der Waals surface area contributed by atoms with Crippen LogP contribution in [0.2, 0.25) is 5.02 Å². The number of thioether (sulfide) groups is 1. The van der Waals surface area contributed by atoms with Crippen molar-refractivity contribution in [1.82, 2.24) is 0 Å². The lowest BCUT2D eigenvalue weighted by Gasteiger charge is -2.26.